The van der Waals surface area contributed by atoms with Gasteiger partial charge in [0, 0.05) is 25.2 Å². The molecule has 1 fully saturated rings. The van der Waals surface area contributed by atoms with Crippen LogP contribution in [0.25, 0.3) is 0 Å². The Bertz CT molecular complexity index is 404. The minimum atomic E-state index is -0.627. The van der Waals surface area contributed by atoms with Crippen LogP contribution in [0.5, 0.6) is 0 Å². The molecule has 1 unspecified atom stereocenters. The maximum absolute atomic E-state index is 12.2. The molecule has 3 nitrogen and oxygen atoms in total. The molecule has 1 atom stereocenters. The van der Waals surface area contributed by atoms with Gasteiger partial charge in [0.2, 0.25) is 5.91 Å². The van der Waals surface area contributed by atoms with Crippen molar-refractivity contribution in [3.63, 3.8) is 0 Å². The quantitative estimate of drug-likeness (QED) is 0.807. The van der Waals surface area contributed by atoms with Gasteiger partial charge in [0.15, 0.2) is 0 Å². The fourth-order valence-corrected chi connectivity index (χ4v) is 2.17. The first-order chi connectivity index (χ1) is 7.54. The predicted molar refractivity (Wildman–Crippen MR) is 64.4 cm³/mol. The molecular formula is C12H15ClN2O. The second-order valence-electron chi connectivity index (χ2n) is 4.29. The Morgan fingerprint density at radius 1 is 1.38 bits per heavy atom. The third-order valence-corrected chi connectivity index (χ3v) is 3.37. The number of hydrogen-bond donors (Lipinski definition) is 1. The van der Waals surface area contributed by atoms with Crippen LogP contribution in [0.4, 0.5) is 0 Å². The van der Waals surface area contributed by atoms with Crippen molar-refractivity contribution in [2.24, 2.45) is 0 Å². The second-order valence-corrected chi connectivity index (χ2v) is 4.72. The monoisotopic (exact) mass is 238 g/mol. The maximum Gasteiger partial charge on any atom is 0.246 e. The van der Waals surface area contributed by atoms with Crippen molar-refractivity contribution in [1.29, 1.82) is 0 Å². The first-order valence-corrected chi connectivity index (χ1v) is 5.68. The fourth-order valence-electron chi connectivity index (χ4n) is 2.04. The van der Waals surface area contributed by atoms with Gasteiger partial charge in [0.25, 0.3) is 0 Å². The summed E-state index contributed by atoms with van der Waals surface area (Å²) < 4.78 is 0. The van der Waals surface area contributed by atoms with Gasteiger partial charge in [-0.05, 0) is 24.6 Å². The lowest BCUT2D eigenvalue weighted by Crippen LogP contribution is -2.59. The molecule has 1 aromatic rings. The van der Waals surface area contributed by atoms with E-state index in [1.54, 1.807) is 4.90 Å². The molecule has 0 bridgehead atoms. The van der Waals surface area contributed by atoms with Gasteiger partial charge < -0.3 is 4.90 Å². The normalized spacial score (nSPS) is 25.9. The number of rotatable bonds is 1. The highest BCUT2D eigenvalue weighted by molar-refractivity contribution is 6.30. The lowest BCUT2D eigenvalue weighted by atomic mass is 9.89. The molecule has 1 heterocycles. The van der Waals surface area contributed by atoms with Gasteiger partial charge in [-0.25, -0.2) is 0 Å². The Hall–Kier alpha value is -1.06. The molecule has 86 valence electrons. The fraction of sp³-hybridized carbons (Fsp3) is 0.417. The number of amides is 1. The van der Waals surface area contributed by atoms with Crippen molar-refractivity contribution < 1.29 is 4.79 Å². The molecule has 0 spiro atoms. The second kappa shape index (κ2) is 4.07. The number of likely N-dealkylation sites (N-methyl/N-ethyl adjacent to an activating group) is 1. The first-order valence-electron chi connectivity index (χ1n) is 5.31. The number of nitrogens with zero attached hydrogens (tertiary/aromatic N) is 1. The summed E-state index contributed by atoms with van der Waals surface area (Å²) in [6.07, 6.45) is 0. The van der Waals surface area contributed by atoms with E-state index in [0.29, 0.717) is 5.02 Å². The van der Waals surface area contributed by atoms with Gasteiger partial charge >= 0.3 is 0 Å². The van der Waals surface area contributed by atoms with Gasteiger partial charge in [-0.15, -0.1) is 0 Å². The van der Waals surface area contributed by atoms with Gasteiger partial charge in [-0.2, -0.15) is 0 Å². The van der Waals surface area contributed by atoms with Crippen LogP contribution in [0.2, 0.25) is 5.02 Å². The first kappa shape index (κ1) is 11.4. The number of carbonyl (C=O) groups excluding carboxylic acids is 1. The van der Waals surface area contributed by atoms with Crippen LogP contribution in [0.3, 0.4) is 0 Å². The summed E-state index contributed by atoms with van der Waals surface area (Å²) in [5, 5.41) is 3.96. The standard InChI is InChI=1S/C12H15ClN2O/c1-12(9-3-5-10(13)6-4-9)11(16)15(2)8-7-14-12/h3-6,14H,7-8H2,1-2H3. The molecule has 1 aromatic carbocycles. The summed E-state index contributed by atoms with van der Waals surface area (Å²) >= 11 is 5.85. The summed E-state index contributed by atoms with van der Waals surface area (Å²) in [6, 6.07) is 7.41. The highest BCUT2D eigenvalue weighted by atomic mass is 35.5. The maximum atomic E-state index is 12.2. The lowest BCUT2D eigenvalue weighted by Gasteiger charge is -2.39. The Morgan fingerprint density at radius 2 is 2.00 bits per heavy atom. The number of halogens is 1. The van der Waals surface area contributed by atoms with Gasteiger partial charge in [-0.3, -0.25) is 10.1 Å². The zero-order valence-corrected chi connectivity index (χ0v) is 10.2. The van der Waals surface area contributed by atoms with E-state index in [0.717, 1.165) is 18.7 Å². The largest absolute Gasteiger partial charge is 0.343 e. The van der Waals surface area contributed by atoms with E-state index in [1.807, 2.05) is 38.2 Å². The Morgan fingerprint density at radius 3 is 2.62 bits per heavy atom. The third kappa shape index (κ3) is 1.81. The van der Waals surface area contributed by atoms with Crippen LogP contribution in [0.1, 0.15) is 12.5 Å². The van der Waals surface area contributed by atoms with Crippen LogP contribution >= 0.6 is 11.6 Å². The van der Waals surface area contributed by atoms with Crippen LogP contribution in [0.15, 0.2) is 24.3 Å². The number of nitrogens with one attached hydrogen (secondary N) is 1. The molecule has 1 N–H and O–H groups in total. The summed E-state index contributed by atoms with van der Waals surface area (Å²) in [4.78, 5) is 13.9. The zero-order valence-electron chi connectivity index (χ0n) is 9.46. The highest BCUT2D eigenvalue weighted by Crippen LogP contribution is 2.26. The number of hydrogen-bond acceptors (Lipinski definition) is 2. The van der Waals surface area contributed by atoms with Gasteiger partial charge in [0.05, 0.1) is 0 Å². The summed E-state index contributed by atoms with van der Waals surface area (Å²) in [6.45, 7) is 3.47. The van der Waals surface area contributed by atoms with E-state index in [4.69, 9.17) is 11.6 Å². The van der Waals surface area contributed by atoms with Crippen molar-refractivity contribution in [3.8, 4) is 0 Å². The Labute approximate surface area is 100 Å². The number of benzene rings is 1. The van der Waals surface area contributed by atoms with Crippen LogP contribution in [0, 0.1) is 0 Å². The molecule has 1 aliphatic heterocycles. The smallest absolute Gasteiger partial charge is 0.246 e. The minimum Gasteiger partial charge on any atom is -0.343 e. The van der Waals surface area contributed by atoms with Crippen molar-refractivity contribution in [1.82, 2.24) is 10.2 Å². The van der Waals surface area contributed by atoms with Crippen LogP contribution < -0.4 is 5.32 Å². The number of piperazine rings is 1. The summed E-state index contributed by atoms with van der Waals surface area (Å²) in [7, 11) is 1.83. The number of carbonyl (C=O) groups is 1. The van der Waals surface area contributed by atoms with Gasteiger partial charge in [-0.1, -0.05) is 23.7 Å². The average molecular weight is 239 g/mol. The summed E-state index contributed by atoms with van der Waals surface area (Å²) in [5.41, 5.74) is 0.325. The van der Waals surface area contributed by atoms with E-state index in [9.17, 15) is 4.79 Å². The molecule has 1 aliphatic rings. The van der Waals surface area contributed by atoms with E-state index >= 15 is 0 Å². The average Bonchev–Trinajstić information content (AvgIpc) is 2.27. The predicted octanol–water partition coefficient (Wildman–Crippen LogP) is 1.62. The molecule has 2 rings (SSSR count). The Balaban J connectivity index is 2.37. The molecule has 1 saturated heterocycles. The SMILES string of the molecule is CN1CCNC(C)(c2ccc(Cl)cc2)C1=O. The van der Waals surface area contributed by atoms with Crippen molar-refractivity contribution in [3.05, 3.63) is 34.9 Å². The minimum absolute atomic E-state index is 0.0982. The molecular weight excluding hydrogens is 224 g/mol. The van der Waals surface area contributed by atoms with Gasteiger partial charge in [0.1, 0.15) is 5.54 Å². The van der Waals surface area contributed by atoms with E-state index in [-0.39, 0.29) is 5.91 Å². The molecule has 0 aliphatic carbocycles. The van der Waals surface area contributed by atoms with E-state index in [2.05, 4.69) is 5.32 Å². The molecule has 0 saturated carbocycles. The zero-order chi connectivity index (χ0) is 11.8. The molecule has 16 heavy (non-hydrogen) atoms. The molecule has 0 aromatic heterocycles. The lowest BCUT2D eigenvalue weighted by molar-refractivity contribution is -0.139. The highest BCUT2D eigenvalue weighted by Gasteiger charge is 2.39. The molecule has 1 amide bonds. The van der Waals surface area contributed by atoms with Crippen LogP contribution in [-0.2, 0) is 10.3 Å². The molecule has 4 heteroatoms. The van der Waals surface area contributed by atoms with Crippen LogP contribution in [-0.4, -0.2) is 30.9 Å². The third-order valence-electron chi connectivity index (χ3n) is 3.12. The summed E-state index contributed by atoms with van der Waals surface area (Å²) in [5.74, 6) is 0.0982. The van der Waals surface area contributed by atoms with Crippen molar-refractivity contribution in [2.45, 2.75) is 12.5 Å². The topological polar surface area (TPSA) is 32.3 Å². The van der Waals surface area contributed by atoms with E-state index < -0.39 is 5.54 Å². The van der Waals surface area contributed by atoms with Crippen molar-refractivity contribution in [2.75, 3.05) is 20.1 Å². The Kier molecular flexibility index (Phi) is 2.91. The van der Waals surface area contributed by atoms with E-state index in [1.165, 1.54) is 0 Å². The van der Waals surface area contributed by atoms with Crippen molar-refractivity contribution >= 4 is 17.5 Å². The molecule has 0 radical (unpaired) electrons.